The van der Waals surface area contributed by atoms with E-state index in [0.717, 1.165) is 16.7 Å². The second-order valence-electron chi connectivity index (χ2n) is 7.65. The maximum absolute atomic E-state index is 13.7. The van der Waals surface area contributed by atoms with E-state index in [-0.39, 0.29) is 18.0 Å². The van der Waals surface area contributed by atoms with E-state index in [1.807, 2.05) is 19.9 Å². The van der Waals surface area contributed by atoms with Crippen LogP contribution in [0.15, 0.2) is 41.8 Å². The van der Waals surface area contributed by atoms with Crippen LogP contribution in [0.25, 0.3) is 11.1 Å². The summed E-state index contributed by atoms with van der Waals surface area (Å²) >= 11 is 0.674. The molecule has 3 rings (SSSR count). The first-order valence-corrected chi connectivity index (χ1v) is 11.0. The molecular weight excluding hydrogens is 437 g/mol. The van der Waals surface area contributed by atoms with E-state index in [2.05, 4.69) is 0 Å². The highest BCUT2D eigenvalue weighted by Crippen LogP contribution is 2.42. The maximum atomic E-state index is 13.7. The number of Topliss-reactive ketones (excluding diaryl/α,β-unsaturated/α-hetero) is 1. The number of halogens is 3. The van der Waals surface area contributed by atoms with Crippen molar-refractivity contribution in [3.8, 4) is 22.6 Å². The number of aryl methyl sites for hydroxylation is 1. The molecule has 0 saturated carbocycles. The number of thiophene rings is 1. The minimum atomic E-state index is -4.46. The van der Waals surface area contributed by atoms with Crippen LogP contribution in [-0.4, -0.2) is 12.9 Å². The molecule has 0 saturated heterocycles. The van der Waals surface area contributed by atoms with Crippen LogP contribution in [0.2, 0.25) is 0 Å². The second-order valence-corrected chi connectivity index (χ2v) is 8.53. The van der Waals surface area contributed by atoms with Crippen molar-refractivity contribution in [1.29, 1.82) is 0 Å². The summed E-state index contributed by atoms with van der Waals surface area (Å²) in [6, 6.07) is 10.6. The Morgan fingerprint density at radius 2 is 1.72 bits per heavy atom. The van der Waals surface area contributed by atoms with E-state index in [4.69, 9.17) is 9.47 Å². The summed E-state index contributed by atoms with van der Waals surface area (Å²) in [4.78, 5) is 10.6. The normalized spacial score (nSPS) is 11.5. The Morgan fingerprint density at radius 3 is 2.31 bits per heavy atom. The van der Waals surface area contributed by atoms with Crippen molar-refractivity contribution in [3.05, 3.63) is 68.9 Å². The van der Waals surface area contributed by atoms with E-state index in [0.29, 0.717) is 46.8 Å². The number of ether oxygens (including phenoxy) is 2. The number of rotatable bonds is 8. The van der Waals surface area contributed by atoms with Crippen LogP contribution in [-0.2, 0) is 24.0 Å². The van der Waals surface area contributed by atoms with Crippen molar-refractivity contribution < 1.29 is 27.4 Å². The zero-order chi connectivity index (χ0) is 23.5. The number of alkyl halides is 3. The second kappa shape index (κ2) is 9.77. The van der Waals surface area contributed by atoms with Crippen LogP contribution in [0.1, 0.15) is 40.5 Å². The van der Waals surface area contributed by atoms with Gasteiger partial charge in [0.1, 0.15) is 28.8 Å². The van der Waals surface area contributed by atoms with Gasteiger partial charge in [0, 0.05) is 12.0 Å². The quantitative estimate of drug-likeness (QED) is 0.356. The van der Waals surface area contributed by atoms with E-state index >= 15 is 0 Å². The van der Waals surface area contributed by atoms with Crippen molar-refractivity contribution >= 4 is 17.1 Å². The van der Waals surface area contributed by atoms with Gasteiger partial charge in [-0.2, -0.15) is 13.2 Å². The van der Waals surface area contributed by atoms with Gasteiger partial charge in [0.2, 0.25) is 0 Å². The van der Waals surface area contributed by atoms with Gasteiger partial charge in [-0.05, 0) is 78.6 Å². The van der Waals surface area contributed by atoms with Crippen molar-refractivity contribution in [1.82, 2.24) is 0 Å². The smallest absolute Gasteiger partial charge is 0.426 e. The predicted octanol–water partition coefficient (Wildman–Crippen LogP) is 7.16. The fourth-order valence-corrected chi connectivity index (χ4v) is 4.48. The fraction of sp³-hybridized carbons (Fsp3) is 0.320. The van der Waals surface area contributed by atoms with Gasteiger partial charge in [0.05, 0.1) is 7.11 Å². The van der Waals surface area contributed by atoms with Crippen LogP contribution in [0, 0.1) is 13.8 Å². The summed E-state index contributed by atoms with van der Waals surface area (Å²) in [5.41, 5.74) is 4.17. The van der Waals surface area contributed by atoms with Gasteiger partial charge in [-0.25, -0.2) is 0 Å². The molecule has 170 valence electrons. The molecule has 1 aromatic heterocycles. The highest BCUT2D eigenvalue weighted by Gasteiger charge is 2.36. The van der Waals surface area contributed by atoms with Gasteiger partial charge in [0.25, 0.3) is 0 Å². The van der Waals surface area contributed by atoms with Gasteiger partial charge < -0.3 is 14.3 Å². The lowest BCUT2D eigenvalue weighted by Gasteiger charge is -2.16. The molecule has 3 nitrogen and oxygen atoms in total. The number of benzene rings is 2. The lowest BCUT2D eigenvalue weighted by atomic mass is 9.98. The number of hydrogen-bond acceptors (Lipinski definition) is 4. The largest absolute Gasteiger partial charge is 0.497 e. The molecule has 0 N–H and O–H groups in total. The third-order valence-corrected chi connectivity index (χ3v) is 6.59. The summed E-state index contributed by atoms with van der Waals surface area (Å²) < 4.78 is 52.1. The minimum absolute atomic E-state index is 0.116. The van der Waals surface area contributed by atoms with Crippen LogP contribution in [0.3, 0.4) is 0 Å². The highest BCUT2D eigenvalue weighted by molar-refractivity contribution is 7.10. The molecule has 3 aromatic rings. The van der Waals surface area contributed by atoms with Crippen molar-refractivity contribution in [3.63, 3.8) is 0 Å². The van der Waals surface area contributed by atoms with Crippen LogP contribution in [0.4, 0.5) is 13.2 Å². The molecule has 0 aliphatic carbocycles. The summed E-state index contributed by atoms with van der Waals surface area (Å²) in [5.74, 6) is 1.29. The average Bonchev–Trinajstić information content (AvgIpc) is 3.18. The topological polar surface area (TPSA) is 35.5 Å². The molecule has 0 unspecified atom stereocenters. The van der Waals surface area contributed by atoms with E-state index in [9.17, 15) is 18.0 Å². The van der Waals surface area contributed by atoms with Gasteiger partial charge in [-0.15, -0.1) is 11.3 Å². The van der Waals surface area contributed by atoms with Crippen molar-refractivity contribution in [2.24, 2.45) is 0 Å². The lowest BCUT2D eigenvalue weighted by Crippen LogP contribution is -2.09. The molecule has 0 aliphatic heterocycles. The molecule has 1 heterocycles. The molecule has 0 bridgehead atoms. The Balaban J connectivity index is 1.90. The Morgan fingerprint density at radius 1 is 1.03 bits per heavy atom. The highest BCUT2D eigenvalue weighted by atomic mass is 32.1. The Labute approximate surface area is 189 Å². The molecule has 0 radical (unpaired) electrons. The van der Waals surface area contributed by atoms with Crippen LogP contribution < -0.4 is 9.47 Å². The van der Waals surface area contributed by atoms with E-state index < -0.39 is 11.1 Å². The molecule has 0 atom stereocenters. The molecule has 0 spiro atoms. The van der Waals surface area contributed by atoms with Crippen LogP contribution in [0.5, 0.6) is 11.5 Å². The first-order valence-electron chi connectivity index (χ1n) is 10.1. The molecular formula is C25H25F3O3S. The average molecular weight is 463 g/mol. The summed E-state index contributed by atoms with van der Waals surface area (Å²) in [6.07, 6.45) is -3.38. The third-order valence-electron chi connectivity index (χ3n) is 5.52. The summed E-state index contributed by atoms with van der Waals surface area (Å²) in [7, 11) is 1.54. The van der Waals surface area contributed by atoms with Crippen LogP contribution >= 0.6 is 11.3 Å². The Kier molecular flexibility index (Phi) is 7.29. The zero-order valence-corrected chi connectivity index (χ0v) is 19.2. The molecule has 0 amide bonds. The van der Waals surface area contributed by atoms with Gasteiger partial charge in [0.15, 0.2) is 0 Å². The summed E-state index contributed by atoms with van der Waals surface area (Å²) in [6.45, 7) is 5.17. The monoisotopic (exact) mass is 462 g/mol. The minimum Gasteiger partial charge on any atom is -0.497 e. The maximum Gasteiger partial charge on any atom is 0.426 e. The fourth-order valence-electron chi connectivity index (χ4n) is 3.52. The summed E-state index contributed by atoms with van der Waals surface area (Å²) in [5, 5.41) is 1.52. The zero-order valence-electron chi connectivity index (χ0n) is 18.4. The molecule has 7 heteroatoms. The van der Waals surface area contributed by atoms with Gasteiger partial charge in [-0.3, -0.25) is 0 Å². The Bertz CT molecular complexity index is 1100. The first kappa shape index (κ1) is 23.9. The van der Waals surface area contributed by atoms with Gasteiger partial charge in [-0.1, -0.05) is 18.2 Å². The Hall–Kier alpha value is -2.80. The van der Waals surface area contributed by atoms with Crippen molar-refractivity contribution in [2.45, 2.75) is 46.4 Å². The lowest BCUT2D eigenvalue weighted by molar-refractivity contribution is -0.135. The predicted molar refractivity (Wildman–Crippen MR) is 121 cm³/mol. The van der Waals surface area contributed by atoms with E-state index in [1.54, 1.807) is 37.3 Å². The first-order chi connectivity index (χ1) is 15.1. The number of carbonyl (C=O) groups excluding carboxylic acids is 1. The SMILES string of the molecule is COc1ccc(-c2csc(C(F)(F)F)c2COc2ccc(CCC(C)=O)c(C)c2C)cc1. The standard InChI is InChI=1S/C25H25F3O3S/c1-15(29)5-6-18-9-12-23(17(3)16(18)2)31-13-21-22(14-32-24(21)25(26,27)28)19-7-10-20(30-4)11-8-19/h7-12,14H,5-6,13H2,1-4H3. The number of methoxy groups -OCH3 is 1. The molecule has 0 fully saturated rings. The number of carbonyl (C=O) groups is 1. The molecule has 0 aliphatic rings. The van der Waals surface area contributed by atoms with E-state index in [1.165, 1.54) is 12.5 Å². The third kappa shape index (κ3) is 5.33. The molecule has 2 aromatic carbocycles. The molecule has 32 heavy (non-hydrogen) atoms. The van der Waals surface area contributed by atoms with Gasteiger partial charge >= 0.3 is 6.18 Å². The number of ketones is 1. The van der Waals surface area contributed by atoms with Crippen molar-refractivity contribution in [2.75, 3.05) is 7.11 Å². The number of hydrogen-bond donors (Lipinski definition) is 0.